The number of thioether (sulfide) groups is 1. The van der Waals surface area contributed by atoms with Crippen LogP contribution in [0.15, 0.2) is 58.5 Å². The van der Waals surface area contributed by atoms with Crippen LogP contribution in [0, 0.1) is 0 Å². The molecule has 0 amide bonds. The highest BCUT2D eigenvalue weighted by molar-refractivity contribution is 7.98. The van der Waals surface area contributed by atoms with E-state index in [0.29, 0.717) is 23.5 Å². The van der Waals surface area contributed by atoms with Crippen molar-refractivity contribution in [3.63, 3.8) is 0 Å². The first-order valence-corrected chi connectivity index (χ1v) is 9.80. The van der Waals surface area contributed by atoms with E-state index in [1.165, 1.54) is 0 Å². The Morgan fingerprint density at radius 3 is 2.65 bits per heavy atom. The monoisotopic (exact) mass is 384 g/mol. The standard InChI is InChI=1S/C19H17ClN4OS/c1-2-11-23-17(25)14-8-4-6-10-16(14)24-18(23)21-22-19(24)26-12-13-7-3-5-9-15(13)20/h3-10H,2,11-12H2,1H3. The van der Waals surface area contributed by atoms with Gasteiger partial charge in [0.2, 0.25) is 5.78 Å². The smallest absolute Gasteiger partial charge is 0.262 e. The highest BCUT2D eigenvalue weighted by Gasteiger charge is 2.16. The van der Waals surface area contributed by atoms with Gasteiger partial charge in [0.15, 0.2) is 5.16 Å². The average molecular weight is 385 g/mol. The van der Waals surface area contributed by atoms with E-state index in [9.17, 15) is 4.79 Å². The van der Waals surface area contributed by atoms with Gasteiger partial charge in [-0.25, -0.2) is 0 Å². The Kier molecular flexibility index (Phi) is 4.70. The number of hydrogen-bond donors (Lipinski definition) is 0. The first kappa shape index (κ1) is 17.1. The van der Waals surface area contributed by atoms with Crippen LogP contribution in [0.5, 0.6) is 0 Å². The van der Waals surface area contributed by atoms with Crippen molar-refractivity contribution in [2.75, 3.05) is 0 Å². The molecular weight excluding hydrogens is 368 g/mol. The Bertz CT molecular complexity index is 1150. The Hall–Kier alpha value is -2.31. The molecule has 2 aromatic heterocycles. The molecule has 2 aromatic carbocycles. The Morgan fingerprint density at radius 1 is 1.08 bits per heavy atom. The summed E-state index contributed by atoms with van der Waals surface area (Å²) in [5.41, 5.74) is 1.85. The van der Waals surface area contributed by atoms with E-state index >= 15 is 0 Å². The molecule has 2 heterocycles. The second kappa shape index (κ2) is 7.13. The molecule has 132 valence electrons. The second-order valence-corrected chi connectivity index (χ2v) is 7.32. The average Bonchev–Trinajstić information content (AvgIpc) is 3.08. The van der Waals surface area contributed by atoms with Crippen molar-refractivity contribution in [2.45, 2.75) is 30.8 Å². The molecule has 5 nitrogen and oxygen atoms in total. The van der Waals surface area contributed by atoms with E-state index in [1.54, 1.807) is 16.3 Å². The lowest BCUT2D eigenvalue weighted by Crippen LogP contribution is -2.23. The lowest BCUT2D eigenvalue weighted by atomic mass is 10.2. The molecular formula is C19H17ClN4OS. The molecule has 4 rings (SSSR count). The number of aromatic nitrogens is 4. The van der Waals surface area contributed by atoms with Gasteiger partial charge in [-0.3, -0.25) is 13.8 Å². The minimum absolute atomic E-state index is 0.0231. The number of para-hydroxylation sites is 1. The zero-order valence-corrected chi connectivity index (χ0v) is 15.8. The van der Waals surface area contributed by atoms with E-state index in [2.05, 4.69) is 10.2 Å². The van der Waals surface area contributed by atoms with Crippen LogP contribution >= 0.6 is 23.4 Å². The largest absolute Gasteiger partial charge is 0.276 e. The Morgan fingerprint density at radius 2 is 1.85 bits per heavy atom. The molecule has 0 bridgehead atoms. The van der Waals surface area contributed by atoms with Gasteiger partial charge in [0.1, 0.15) is 0 Å². The summed E-state index contributed by atoms with van der Waals surface area (Å²) in [5.74, 6) is 1.26. The number of benzene rings is 2. The van der Waals surface area contributed by atoms with Crippen LogP contribution in [-0.4, -0.2) is 19.2 Å². The Balaban J connectivity index is 1.86. The summed E-state index contributed by atoms with van der Waals surface area (Å²) >= 11 is 7.82. The zero-order chi connectivity index (χ0) is 18.1. The molecule has 0 saturated carbocycles. The van der Waals surface area contributed by atoms with Gasteiger partial charge in [0.25, 0.3) is 5.56 Å². The number of fused-ring (bicyclic) bond motifs is 3. The van der Waals surface area contributed by atoms with E-state index < -0.39 is 0 Å². The van der Waals surface area contributed by atoms with E-state index in [0.717, 1.165) is 27.7 Å². The molecule has 0 aliphatic heterocycles. The van der Waals surface area contributed by atoms with Gasteiger partial charge < -0.3 is 0 Å². The molecule has 0 spiro atoms. The van der Waals surface area contributed by atoms with Crippen LogP contribution in [0.3, 0.4) is 0 Å². The number of aryl methyl sites for hydroxylation is 1. The number of hydrogen-bond acceptors (Lipinski definition) is 4. The maximum absolute atomic E-state index is 12.8. The van der Waals surface area contributed by atoms with Gasteiger partial charge in [0.05, 0.1) is 10.9 Å². The number of nitrogens with zero attached hydrogens (tertiary/aromatic N) is 4. The van der Waals surface area contributed by atoms with Crippen LogP contribution in [0.1, 0.15) is 18.9 Å². The highest BCUT2D eigenvalue weighted by atomic mass is 35.5. The molecule has 0 fully saturated rings. The fourth-order valence-electron chi connectivity index (χ4n) is 3.01. The van der Waals surface area contributed by atoms with Crippen LogP contribution in [0.25, 0.3) is 16.7 Å². The van der Waals surface area contributed by atoms with Crippen molar-refractivity contribution in [1.29, 1.82) is 0 Å². The molecule has 0 saturated heterocycles. The summed E-state index contributed by atoms with van der Waals surface area (Å²) in [4.78, 5) is 12.8. The second-order valence-electron chi connectivity index (χ2n) is 5.97. The molecule has 0 aliphatic rings. The van der Waals surface area contributed by atoms with Crippen molar-refractivity contribution >= 4 is 40.0 Å². The van der Waals surface area contributed by atoms with Gasteiger partial charge in [-0.2, -0.15) is 0 Å². The molecule has 0 N–H and O–H groups in total. The summed E-state index contributed by atoms with van der Waals surface area (Å²) < 4.78 is 3.67. The summed E-state index contributed by atoms with van der Waals surface area (Å²) in [6, 6.07) is 15.4. The minimum Gasteiger partial charge on any atom is -0.276 e. The first-order valence-electron chi connectivity index (χ1n) is 8.43. The number of halogens is 1. The third-order valence-corrected chi connectivity index (χ3v) is 5.59. The van der Waals surface area contributed by atoms with Crippen molar-refractivity contribution < 1.29 is 0 Å². The van der Waals surface area contributed by atoms with Crippen LogP contribution in [0.4, 0.5) is 0 Å². The molecule has 0 radical (unpaired) electrons. The topological polar surface area (TPSA) is 52.2 Å². The van der Waals surface area contributed by atoms with Crippen LogP contribution in [0.2, 0.25) is 5.02 Å². The molecule has 4 aromatic rings. The summed E-state index contributed by atoms with van der Waals surface area (Å²) in [6.07, 6.45) is 0.850. The quantitative estimate of drug-likeness (QED) is 0.478. The van der Waals surface area contributed by atoms with E-state index in [-0.39, 0.29) is 5.56 Å². The van der Waals surface area contributed by atoms with Gasteiger partial charge in [-0.05, 0) is 30.2 Å². The van der Waals surface area contributed by atoms with Crippen molar-refractivity contribution in [2.24, 2.45) is 0 Å². The first-order chi connectivity index (χ1) is 12.7. The number of rotatable bonds is 5. The van der Waals surface area contributed by atoms with Gasteiger partial charge >= 0.3 is 0 Å². The Labute approximate surface area is 159 Å². The molecule has 0 unspecified atom stereocenters. The fourth-order valence-corrected chi connectivity index (χ4v) is 4.24. The van der Waals surface area contributed by atoms with Gasteiger partial charge in [-0.1, -0.05) is 60.6 Å². The molecule has 7 heteroatoms. The predicted molar refractivity (Wildman–Crippen MR) is 106 cm³/mol. The SMILES string of the molecule is CCCn1c(=O)c2ccccc2n2c(SCc3ccccc3Cl)nnc12. The van der Waals surface area contributed by atoms with E-state index in [4.69, 9.17) is 11.6 Å². The fraction of sp³-hybridized carbons (Fsp3) is 0.211. The minimum atomic E-state index is -0.0231. The summed E-state index contributed by atoms with van der Waals surface area (Å²) in [6.45, 7) is 2.65. The third kappa shape index (κ3) is 2.89. The normalized spacial score (nSPS) is 11.5. The molecule has 0 atom stereocenters. The summed E-state index contributed by atoms with van der Waals surface area (Å²) in [5, 5.41) is 10.8. The van der Waals surface area contributed by atoms with Crippen molar-refractivity contribution in [3.8, 4) is 0 Å². The lowest BCUT2D eigenvalue weighted by molar-refractivity contribution is 0.662. The summed E-state index contributed by atoms with van der Waals surface area (Å²) in [7, 11) is 0. The van der Waals surface area contributed by atoms with Gasteiger partial charge in [0, 0.05) is 17.3 Å². The maximum Gasteiger partial charge on any atom is 0.262 e. The molecule has 26 heavy (non-hydrogen) atoms. The highest BCUT2D eigenvalue weighted by Crippen LogP contribution is 2.27. The molecule has 0 aliphatic carbocycles. The van der Waals surface area contributed by atoms with E-state index in [1.807, 2.05) is 59.9 Å². The predicted octanol–water partition coefficient (Wildman–Crippen LogP) is 4.40. The van der Waals surface area contributed by atoms with Crippen LogP contribution < -0.4 is 5.56 Å². The third-order valence-electron chi connectivity index (χ3n) is 4.24. The van der Waals surface area contributed by atoms with Gasteiger partial charge in [-0.15, -0.1) is 10.2 Å². The van der Waals surface area contributed by atoms with Crippen molar-refractivity contribution in [1.82, 2.24) is 19.2 Å². The lowest BCUT2D eigenvalue weighted by Gasteiger charge is -2.10. The zero-order valence-electron chi connectivity index (χ0n) is 14.2. The maximum atomic E-state index is 12.8. The van der Waals surface area contributed by atoms with Crippen LogP contribution in [-0.2, 0) is 12.3 Å². The van der Waals surface area contributed by atoms with Crippen molar-refractivity contribution in [3.05, 3.63) is 69.5 Å².